The molecule has 1 atom stereocenters. The molecular formula is C18H16ClIN4O2. The first kappa shape index (κ1) is 18.7. The summed E-state index contributed by atoms with van der Waals surface area (Å²) in [5, 5.41) is 3.39. The summed E-state index contributed by atoms with van der Waals surface area (Å²) < 4.78 is 6.72. The minimum absolute atomic E-state index is 0.252. The van der Waals surface area contributed by atoms with E-state index in [1.165, 1.54) is 0 Å². The second-order valence-corrected chi connectivity index (χ2v) is 7.19. The van der Waals surface area contributed by atoms with Crippen LogP contribution in [0.25, 0.3) is 0 Å². The third-order valence-corrected chi connectivity index (χ3v) is 4.57. The van der Waals surface area contributed by atoms with E-state index < -0.39 is 0 Å². The Morgan fingerprint density at radius 1 is 1.35 bits per heavy atom. The normalized spacial score (nSPS) is 11.8. The number of nitrogens with zero attached hydrogens (tertiary/aromatic N) is 2. The summed E-state index contributed by atoms with van der Waals surface area (Å²) in [7, 11) is 0. The van der Waals surface area contributed by atoms with Crippen LogP contribution in [0.4, 0.5) is 0 Å². The minimum Gasteiger partial charge on any atom is -0.490 e. The summed E-state index contributed by atoms with van der Waals surface area (Å²) in [6.07, 6.45) is 7.22. The van der Waals surface area contributed by atoms with Gasteiger partial charge in [0.15, 0.2) is 0 Å². The van der Waals surface area contributed by atoms with Gasteiger partial charge in [0.2, 0.25) is 0 Å². The van der Waals surface area contributed by atoms with Crippen LogP contribution in [0.3, 0.4) is 0 Å². The topological polar surface area (TPSA) is 79.9 Å². The van der Waals surface area contributed by atoms with E-state index in [0.717, 1.165) is 9.39 Å². The number of aromatic nitrogens is 3. The fraction of sp³-hybridized carbons (Fsp3) is 0.167. The third kappa shape index (κ3) is 5.18. The molecule has 2 heterocycles. The Labute approximate surface area is 169 Å². The Hall–Kier alpha value is -2.13. The summed E-state index contributed by atoms with van der Waals surface area (Å²) in [5.41, 5.74) is 0.429. The van der Waals surface area contributed by atoms with E-state index in [1.807, 2.05) is 12.1 Å². The molecule has 3 rings (SSSR count). The molecule has 0 fully saturated rings. The highest BCUT2D eigenvalue weighted by Crippen LogP contribution is 2.19. The number of ether oxygens (including phenoxy) is 1. The molecule has 134 valence electrons. The van der Waals surface area contributed by atoms with E-state index >= 15 is 0 Å². The Morgan fingerprint density at radius 2 is 2.23 bits per heavy atom. The maximum absolute atomic E-state index is 12.6. The number of rotatable bonds is 7. The number of hydrogen-bond donors (Lipinski definition) is 2. The van der Waals surface area contributed by atoms with Gasteiger partial charge in [0.1, 0.15) is 18.2 Å². The fourth-order valence-corrected chi connectivity index (χ4v) is 3.30. The molecule has 0 saturated heterocycles. The average Bonchev–Trinajstić information content (AvgIpc) is 3.13. The third-order valence-electron chi connectivity index (χ3n) is 3.59. The number of hydrogen-bond acceptors (Lipinski definition) is 4. The Bertz CT molecular complexity index is 859. The van der Waals surface area contributed by atoms with Crippen LogP contribution >= 0.6 is 34.2 Å². The van der Waals surface area contributed by atoms with Gasteiger partial charge in [-0.1, -0.05) is 11.6 Å². The Kier molecular flexibility index (Phi) is 6.45. The van der Waals surface area contributed by atoms with E-state index in [1.54, 1.807) is 43.0 Å². The smallest absolute Gasteiger partial charge is 0.253 e. The van der Waals surface area contributed by atoms with E-state index in [2.05, 4.69) is 42.9 Å². The second-order valence-electron chi connectivity index (χ2n) is 5.53. The van der Waals surface area contributed by atoms with Crippen molar-refractivity contribution in [2.24, 2.45) is 0 Å². The van der Waals surface area contributed by atoms with Gasteiger partial charge >= 0.3 is 0 Å². The summed E-state index contributed by atoms with van der Waals surface area (Å²) >= 11 is 8.35. The molecule has 3 aromatic rings. The van der Waals surface area contributed by atoms with Crippen molar-refractivity contribution in [2.75, 3.05) is 6.61 Å². The van der Waals surface area contributed by atoms with E-state index in [-0.39, 0.29) is 18.6 Å². The van der Waals surface area contributed by atoms with Crippen LogP contribution in [0.1, 0.15) is 16.2 Å². The van der Waals surface area contributed by atoms with Gasteiger partial charge in [-0.25, -0.2) is 4.98 Å². The highest BCUT2D eigenvalue weighted by Gasteiger charge is 2.18. The van der Waals surface area contributed by atoms with E-state index in [9.17, 15) is 4.79 Å². The molecule has 0 aliphatic carbocycles. The molecule has 1 aromatic carbocycles. The number of imidazole rings is 1. The van der Waals surface area contributed by atoms with Gasteiger partial charge in [0, 0.05) is 28.6 Å². The molecule has 0 aliphatic rings. The zero-order valence-electron chi connectivity index (χ0n) is 13.7. The minimum atomic E-state index is -0.288. The standard InChI is InChI=1S/C18H16ClIN4O2/c19-16-8-12(20)3-4-15(16)18(25)24-13(9-17-22-6-7-23-17)11-26-14-2-1-5-21-10-14/h1-8,10,13H,9,11H2,(H,22,23)(H,24,25). The molecule has 1 amide bonds. The highest BCUT2D eigenvalue weighted by atomic mass is 127. The Balaban J connectivity index is 1.70. The highest BCUT2D eigenvalue weighted by molar-refractivity contribution is 14.1. The van der Waals surface area contributed by atoms with Crippen LogP contribution in [-0.4, -0.2) is 33.5 Å². The maximum atomic E-state index is 12.6. The van der Waals surface area contributed by atoms with Crippen molar-refractivity contribution in [1.29, 1.82) is 0 Å². The van der Waals surface area contributed by atoms with Crippen molar-refractivity contribution in [3.05, 3.63) is 75.1 Å². The summed E-state index contributed by atoms with van der Waals surface area (Å²) in [6, 6.07) is 8.63. The summed E-state index contributed by atoms with van der Waals surface area (Å²) in [5.74, 6) is 1.15. The van der Waals surface area contributed by atoms with Crippen LogP contribution in [0.15, 0.2) is 55.1 Å². The molecular weight excluding hydrogens is 467 g/mol. The molecule has 0 saturated carbocycles. The second kappa shape index (κ2) is 9.00. The molecule has 6 nitrogen and oxygen atoms in total. The van der Waals surface area contributed by atoms with Gasteiger partial charge in [-0.2, -0.15) is 0 Å². The number of carbonyl (C=O) groups is 1. The predicted octanol–water partition coefficient (Wildman–Crippen LogP) is 3.48. The first-order chi connectivity index (χ1) is 12.6. The molecule has 0 spiro atoms. The van der Waals surface area contributed by atoms with Crippen LogP contribution in [0.2, 0.25) is 5.02 Å². The lowest BCUT2D eigenvalue weighted by molar-refractivity contribution is 0.0921. The number of halogens is 2. The number of pyridine rings is 1. The van der Waals surface area contributed by atoms with Crippen molar-refractivity contribution in [1.82, 2.24) is 20.3 Å². The van der Waals surface area contributed by atoms with E-state index in [4.69, 9.17) is 16.3 Å². The van der Waals surface area contributed by atoms with Crippen molar-refractivity contribution >= 4 is 40.1 Å². The van der Waals surface area contributed by atoms with Gasteiger partial charge in [0.05, 0.1) is 22.8 Å². The summed E-state index contributed by atoms with van der Waals surface area (Å²) in [4.78, 5) is 23.9. The lowest BCUT2D eigenvalue weighted by atomic mass is 10.1. The lowest BCUT2D eigenvalue weighted by Crippen LogP contribution is -2.41. The maximum Gasteiger partial charge on any atom is 0.253 e. The summed E-state index contributed by atoms with van der Waals surface area (Å²) in [6.45, 7) is 0.278. The van der Waals surface area contributed by atoms with Crippen molar-refractivity contribution in [3.8, 4) is 5.75 Å². The molecule has 2 aromatic heterocycles. The van der Waals surface area contributed by atoms with Gasteiger partial charge < -0.3 is 15.0 Å². The molecule has 26 heavy (non-hydrogen) atoms. The lowest BCUT2D eigenvalue weighted by Gasteiger charge is -2.19. The number of carbonyl (C=O) groups excluding carboxylic acids is 1. The van der Waals surface area contributed by atoms with Crippen LogP contribution < -0.4 is 10.1 Å². The van der Waals surface area contributed by atoms with Crippen molar-refractivity contribution < 1.29 is 9.53 Å². The van der Waals surface area contributed by atoms with Gasteiger partial charge in [-0.15, -0.1) is 0 Å². The fourth-order valence-electron chi connectivity index (χ4n) is 2.36. The van der Waals surface area contributed by atoms with Crippen LogP contribution in [0, 0.1) is 3.57 Å². The number of aromatic amines is 1. The zero-order chi connectivity index (χ0) is 18.4. The monoisotopic (exact) mass is 482 g/mol. The van der Waals surface area contributed by atoms with E-state index in [0.29, 0.717) is 22.8 Å². The molecule has 1 unspecified atom stereocenters. The molecule has 2 N–H and O–H groups in total. The molecule has 0 aliphatic heterocycles. The first-order valence-electron chi connectivity index (χ1n) is 7.89. The zero-order valence-corrected chi connectivity index (χ0v) is 16.6. The largest absolute Gasteiger partial charge is 0.490 e. The molecule has 8 heteroatoms. The number of benzene rings is 1. The molecule has 0 bridgehead atoms. The number of amides is 1. The number of nitrogens with one attached hydrogen (secondary N) is 2. The van der Waals surface area contributed by atoms with Crippen LogP contribution in [-0.2, 0) is 6.42 Å². The van der Waals surface area contributed by atoms with Gasteiger partial charge in [-0.05, 0) is 52.9 Å². The number of H-pyrrole nitrogens is 1. The SMILES string of the molecule is O=C(NC(COc1cccnc1)Cc1ncc[nH]1)c1ccc(I)cc1Cl. The predicted molar refractivity (Wildman–Crippen MR) is 107 cm³/mol. The van der Waals surface area contributed by atoms with Crippen molar-refractivity contribution in [3.63, 3.8) is 0 Å². The van der Waals surface area contributed by atoms with Crippen molar-refractivity contribution in [2.45, 2.75) is 12.5 Å². The first-order valence-corrected chi connectivity index (χ1v) is 9.34. The van der Waals surface area contributed by atoms with Crippen LogP contribution in [0.5, 0.6) is 5.75 Å². The average molecular weight is 483 g/mol. The van der Waals surface area contributed by atoms with Gasteiger partial charge in [-0.3, -0.25) is 9.78 Å². The van der Waals surface area contributed by atoms with Gasteiger partial charge in [0.25, 0.3) is 5.91 Å². The Morgan fingerprint density at radius 3 is 2.92 bits per heavy atom. The molecule has 0 radical (unpaired) electrons. The quantitative estimate of drug-likeness (QED) is 0.505.